The molecule has 94 valence electrons. The van der Waals surface area contributed by atoms with Crippen LogP contribution < -0.4 is 10.6 Å². The molecule has 1 aromatic rings. The molecule has 0 spiro atoms. The number of nitrogens with one attached hydrogen (secondary N) is 2. The third kappa shape index (κ3) is 3.54. The molecule has 3 nitrogen and oxygen atoms in total. The van der Waals surface area contributed by atoms with Gasteiger partial charge in [0, 0.05) is 4.47 Å². The van der Waals surface area contributed by atoms with E-state index in [1.807, 2.05) is 45.0 Å². The average Bonchev–Trinajstić information content (AvgIpc) is 2.29. The number of likely N-dealkylation sites (N-methyl/N-ethyl adjacent to an activating group) is 1. The molecule has 0 radical (unpaired) electrons. The number of hydrogen-bond acceptors (Lipinski definition) is 2. The zero-order valence-electron chi connectivity index (χ0n) is 10.7. The third-order valence-electron chi connectivity index (χ3n) is 2.91. The number of halogens is 1. The van der Waals surface area contributed by atoms with Gasteiger partial charge in [-0.25, -0.2) is 0 Å². The second-order valence-corrected chi connectivity index (χ2v) is 5.45. The van der Waals surface area contributed by atoms with Crippen LogP contribution in [0.15, 0.2) is 28.7 Å². The number of carbonyl (C=O) groups excluding carboxylic acids is 1. The molecule has 2 N–H and O–H groups in total. The number of carbonyl (C=O) groups is 1. The Balaban J connectivity index is 2.77. The predicted molar refractivity (Wildman–Crippen MR) is 73.8 cm³/mol. The van der Waals surface area contributed by atoms with Crippen LogP contribution in [-0.4, -0.2) is 18.5 Å². The second-order valence-electron chi connectivity index (χ2n) is 4.59. The summed E-state index contributed by atoms with van der Waals surface area (Å²) >= 11 is 3.49. The monoisotopic (exact) mass is 298 g/mol. The summed E-state index contributed by atoms with van der Waals surface area (Å²) in [5, 5.41) is 5.99. The van der Waals surface area contributed by atoms with Crippen LogP contribution in [0.3, 0.4) is 0 Å². The van der Waals surface area contributed by atoms with Crippen molar-refractivity contribution in [2.24, 2.45) is 0 Å². The molecule has 0 saturated heterocycles. The lowest BCUT2D eigenvalue weighted by atomic mass is 10.0. The maximum atomic E-state index is 12.0. The van der Waals surface area contributed by atoms with Crippen molar-refractivity contribution in [3.05, 3.63) is 34.3 Å². The van der Waals surface area contributed by atoms with Gasteiger partial charge in [0.05, 0.1) is 11.6 Å². The Morgan fingerprint density at radius 2 is 1.94 bits per heavy atom. The number of benzene rings is 1. The third-order valence-corrected chi connectivity index (χ3v) is 3.63. The lowest BCUT2D eigenvalue weighted by Gasteiger charge is -2.26. The Bertz CT molecular complexity index is 404. The summed E-state index contributed by atoms with van der Waals surface area (Å²) in [6.45, 7) is 5.69. The summed E-state index contributed by atoms with van der Waals surface area (Å²) in [4.78, 5) is 12.0. The van der Waals surface area contributed by atoms with Gasteiger partial charge in [-0.3, -0.25) is 4.79 Å². The van der Waals surface area contributed by atoms with Gasteiger partial charge in [0.2, 0.25) is 5.91 Å². The van der Waals surface area contributed by atoms with Crippen molar-refractivity contribution < 1.29 is 4.79 Å². The first-order valence-corrected chi connectivity index (χ1v) is 6.42. The topological polar surface area (TPSA) is 41.1 Å². The molecule has 1 amide bonds. The number of rotatable bonds is 4. The highest BCUT2D eigenvalue weighted by Gasteiger charge is 2.26. The zero-order valence-corrected chi connectivity index (χ0v) is 12.3. The van der Waals surface area contributed by atoms with Gasteiger partial charge >= 0.3 is 0 Å². The van der Waals surface area contributed by atoms with Crippen molar-refractivity contribution in [1.82, 2.24) is 10.6 Å². The summed E-state index contributed by atoms with van der Waals surface area (Å²) in [6.07, 6.45) is 0. The van der Waals surface area contributed by atoms with E-state index in [9.17, 15) is 4.79 Å². The molecular formula is C13H19BrN2O. The highest BCUT2D eigenvalue weighted by Crippen LogP contribution is 2.23. The van der Waals surface area contributed by atoms with E-state index in [1.165, 1.54) is 0 Å². The van der Waals surface area contributed by atoms with Crippen LogP contribution in [0.4, 0.5) is 0 Å². The van der Waals surface area contributed by atoms with Gasteiger partial charge in [0.15, 0.2) is 0 Å². The molecule has 0 aromatic heterocycles. The van der Waals surface area contributed by atoms with E-state index in [0.717, 1.165) is 10.0 Å². The summed E-state index contributed by atoms with van der Waals surface area (Å²) in [7, 11) is 1.78. The van der Waals surface area contributed by atoms with E-state index < -0.39 is 5.54 Å². The normalized spacial score (nSPS) is 13.2. The van der Waals surface area contributed by atoms with Crippen molar-refractivity contribution in [3.63, 3.8) is 0 Å². The quantitative estimate of drug-likeness (QED) is 0.897. The molecule has 0 aliphatic rings. The lowest BCUT2D eigenvalue weighted by molar-refractivity contribution is -0.126. The highest BCUT2D eigenvalue weighted by atomic mass is 79.9. The van der Waals surface area contributed by atoms with E-state index in [4.69, 9.17) is 0 Å². The minimum Gasteiger partial charge on any atom is -0.348 e. The van der Waals surface area contributed by atoms with Crippen molar-refractivity contribution in [2.45, 2.75) is 32.4 Å². The first-order valence-electron chi connectivity index (χ1n) is 5.63. The fourth-order valence-corrected chi connectivity index (χ4v) is 2.02. The molecule has 1 atom stereocenters. The number of hydrogen-bond donors (Lipinski definition) is 2. The molecule has 17 heavy (non-hydrogen) atoms. The van der Waals surface area contributed by atoms with Crippen molar-refractivity contribution >= 4 is 21.8 Å². The molecular weight excluding hydrogens is 280 g/mol. The SMILES string of the molecule is CNC(C)(C)C(=O)N[C@@H](C)c1ccccc1Br. The van der Waals surface area contributed by atoms with Crippen LogP contribution in [0, 0.1) is 0 Å². The minimum absolute atomic E-state index is 0.0109. The largest absolute Gasteiger partial charge is 0.348 e. The minimum atomic E-state index is -0.560. The van der Waals surface area contributed by atoms with Crippen LogP contribution >= 0.6 is 15.9 Å². The Kier molecular flexibility index (Phi) is 4.71. The number of amides is 1. The molecule has 0 heterocycles. The molecule has 0 bridgehead atoms. The van der Waals surface area contributed by atoms with E-state index >= 15 is 0 Å². The second kappa shape index (κ2) is 5.65. The Labute approximate surface area is 111 Å². The fourth-order valence-electron chi connectivity index (χ4n) is 1.39. The summed E-state index contributed by atoms with van der Waals surface area (Å²) in [6, 6.07) is 7.87. The van der Waals surface area contributed by atoms with Crippen LogP contribution in [0.5, 0.6) is 0 Å². The van der Waals surface area contributed by atoms with Crippen LogP contribution in [0.2, 0.25) is 0 Å². The van der Waals surface area contributed by atoms with Gasteiger partial charge in [-0.1, -0.05) is 34.1 Å². The maximum absolute atomic E-state index is 12.0. The van der Waals surface area contributed by atoms with Crippen LogP contribution in [0.1, 0.15) is 32.4 Å². The van der Waals surface area contributed by atoms with Gasteiger partial charge in [-0.15, -0.1) is 0 Å². The summed E-state index contributed by atoms with van der Waals surface area (Å²) < 4.78 is 1.01. The molecule has 4 heteroatoms. The highest BCUT2D eigenvalue weighted by molar-refractivity contribution is 9.10. The van der Waals surface area contributed by atoms with Gasteiger partial charge in [-0.05, 0) is 39.4 Å². The predicted octanol–water partition coefficient (Wildman–Crippen LogP) is 2.62. The smallest absolute Gasteiger partial charge is 0.240 e. The van der Waals surface area contributed by atoms with Crippen LogP contribution in [-0.2, 0) is 4.79 Å². The average molecular weight is 299 g/mol. The van der Waals surface area contributed by atoms with Gasteiger partial charge in [0.1, 0.15) is 0 Å². The molecule has 0 unspecified atom stereocenters. The first-order chi connectivity index (χ1) is 7.88. The fraction of sp³-hybridized carbons (Fsp3) is 0.462. The van der Waals surface area contributed by atoms with E-state index in [1.54, 1.807) is 7.05 Å². The molecule has 0 saturated carbocycles. The van der Waals surface area contributed by atoms with Gasteiger partial charge in [0.25, 0.3) is 0 Å². The van der Waals surface area contributed by atoms with E-state index in [2.05, 4.69) is 26.6 Å². The van der Waals surface area contributed by atoms with Gasteiger partial charge < -0.3 is 10.6 Å². The van der Waals surface area contributed by atoms with Crippen molar-refractivity contribution in [1.29, 1.82) is 0 Å². The van der Waals surface area contributed by atoms with E-state index in [-0.39, 0.29) is 11.9 Å². The lowest BCUT2D eigenvalue weighted by Crippen LogP contribution is -2.51. The summed E-state index contributed by atoms with van der Waals surface area (Å²) in [5.74, 6) is -0.0109. The Hall–Kier alpha value is -0.870. The maximum Gasteiger partial charge on any atom is 0.240 e. The Morgan fingerprint density at radius 3 is 2.47 bits per heavy atom. The summed E-state index contributed by atoms with van der Waals surface area (Å²) in [5.41, 5.74) is 0.517. The Morgan fingerprint density at radius 1 is 1.35 bits per heavy atom. The molecule has 0 aliphatic carbocycles. The molecule has 0 fully saturated rings. The molecule has 1 aromatic carbocycles. The zero-order chi connectivity index (χ0) is 13.1. The molecule has 0 aliphatic heterocycles. The first kappa shape index (κ1) is 14.2. The van der Waals surface area contributed by atoms with Crippen molar-refractivity contribution in [3.8, 4) is 0 Å². The molecule has 1 rings (SSSR count). The van der Waals surface area contributed by atoms with Crippen LogP contribution in [0.25, 0.3) is 0 Å². The van der Waals surface area contributed by atoms with Gasteiger partial charge in [-0.2, -0.15) is 0 Å². The standard InChI is InChI=1S/C13H19BrN2O/c1-9(10-7-5-6-8-11(10)14)16-12(17)13(2,3)15-4/h5-9,15H,1-4H3,(H,16,17)/t9-/m0/s1. The van der Waals surface area contributed by atoms with E-state index in [0.29, 0.717) is 0 Å². The van der Waals surface area contributed by atoms with Crippen molar-refractivity contribution in [2.75, 3.05) is 7.05 Å².